The number of ether oxygens (including phenoxy) is 1. The fourth-order valence-electron chi connectivity index (χ4n) is 4.02. The Morgan fingerprint density at radius 2 is 2.18 bits per heavy atom. The molecular weight excluding hydrogens is 504 g/mol. The van der Waals surface area contributed by atoms with Gasteiger partial charge in [0.2, 0.25) is 11.8 Å². The number of benzene rings is 1. The molecule has 0 bridgehead atoms. The number of hydrogen-bond donors (Lipinski definition) is 1. The van der Waals surface area contributed by atoms with Gasteiger partial charge < -0.3 is 20.3 Å². The number of carbonyl (C=O) groups excluding carboxylic acids is 2. The molecule has 9 heteroatoms. The zero-order valence-electron chi connectivity index (χ0n) is 18.4. The van der Waals surface area contributed by atoms with E-state index >= 15 is 0 Å². The van der Waals surface area contributed by atoms with Crippen LogP contribution in [0.5, 0.6) is 0 Å². The van der Waals surface area contributed by atoms with Gasteiger partial charge in [-0.2, -0.15) is 0 Å². The van der Waals surface area contributed by atoms with Gasteiger partial charge in [0.15, 0.2) is 0 Å². The summed E-state index contributed by atoms with van der Waals surface area (Å²) in [5.74, 6) is -0.330. The molecule has 172 valence electrons. The van der Waals surface area contributed by atoms with Crippen molar-refractivity contribution >= 4 is 61.7 Å². The highest BCUT2D eigenvalue weighted by Gasteiger charge is 2.40. The van der Waals surface area contributed by atoms with Crippen molar-refractivity contribution in [2.45, 2.75) is 25.6 Å². The Hall–Kier alpha value is -2.75. The van der Waals surface area contributed by atoms with Crippen LogP contribution in [0.25, 0.3) is 17.0 Å². The molecular formula is C24H25BrN4O3S. The van der Waals surface area contributed by atoms with Gasteiger partial charge in [-0.3, -0.25) is 14.6 Å². The highest BCUT2D eigenvalue weighted by atomic mass is 79.9. The molecule has 2 atom stereocenters. The molecule has 3 heterocycles. The summed E-state index contributed by atoms with van der Waals surface area (Å²) < 4.78 is 6.28. The number of nitrogens with zero attached hydrogens (tertiary/aromatic N) is 3. The van der Waals surface area contributed by atoms with Gasteiger partial charge >= 0.3 is 0 Å². The predicted molar refractivity (Wildman–Crippen MR) is 135 cm³/mol. The summed E-state index contributed by atoms with van der Waals surface area (Å²) in [6.07, 6.45) is 4.98. The Morgan fingerprint density at radius 3 is 2.91 bits per heavy atom. The average Bonchev–Trinajstić information content (AvgIpc) is 3.22. The van der Waals surface area contributed by atoms with Crippen molar-refractivity contribution in [3.8, 4) is 0 Å². The monoisotopic (exact) mass is 528 g/mol. The number of nitrogen functional groups attached to an aromatic ring is 1. The van der Waals surface area contributed by atoms with Crippen molar-refractivity contribution in [1.29, 1.82) is 0 Å². The van der Waals surface area contributed by atoms with Crippen LogP contribution in [-0.4, -0.2) is 58.9 Å². The second kappa shape index (κ2) is 10.0. The molecule has 0 aliphatic carbocycles. The van der Waals surface area contributed by atoms with E-state index in [0.717, 1.165) is 25.8 Å². The van der Waals surface area contributed by atoms with Gasteiger partial charge in [-0.1, -0.05) is 12.1 Å². The van der Waals surface area contributed by atoms with E-state index in [1.807, 2.05) is 36.6 Å². The summed E-state index contributed by atoms with van der Waals surface area (Å²) >= 11 is 4.95. The fraction of sp³-hybridized carbons (Fsp3) is 0.292. The number of fused-ring (bicyclic) bond motifs is 1. The molecule has 4 rings (SSSR count). The van der Waals surface area contributed by atoms with E-state index in [4.69, 9.17) is 10.5 Å². The first-order valence-electron chi connectivity index (χ1n) is 10.5. The van der Waals surface area contributed by atoms with Crippen LogP contribution >= 0.6 is 27.3 Å². The highest BCUT2D eigenvalue weighted by molar-refractivity contribution is 9.10. The third-order valence-corrected chi connectivity index (χ3v) is 7.38. The highest BCUT2D eigenvalue weighted by Crippen LogP contribution is 2.25. The minimum Gasteiger partial charge on any atom is -0.398 e. The lowest BCUT2D eigenvalue weighted by Crippen LogP contribution is -2.63. The molecule has 1 aromatic carbocycles. The maximum Gasteiger partial charge on any atom is 0.248 e. The van der Waals surface area contributed by atoms with Gasteiger partial charge in [0.05, 0.1) is 12.1 Å². The normalized spacial score (nSPS) is 19.1. The van der Waals surface area contributed by atoms with E-state index in [9.17, 15) is 9.59 Å². The Balaban J connectivity index is 1.53. The molecule has 0 spiro atoms. The van der Waals surface area contributed by atoms with Crippen molar-refractivity contribution in [2.24, 2.45) is 0 Å². The summed E-state index contributed by atoms with van der Waals surface area (Å²) in [5.41, 5.74) is 8.45. The zero-order chi connectivity index (χ0) is 23.5. The van der Waals surface area contributed by atoms with E-state index in [0.29, 0.717) is 18.8 Å². The molecule has 1 fully saturated rings. The quantitative estimate of drug-likeness (QED) is 0.489. The number of methoxy groups -OCH3 is 1. The number of anilines is 1. The Kier molecular flexibility index (Phi) is 7.11. The molecule has 7 nitrogen and oxygen atoms in total. The van der Waals surface area contributed by atoms with E-state index in [1.165, 1.54) is 24.5 Å². The number of rotatable bonds is 6. The first kappa shape index (κ1) is 23.4. The summed E-state index contributed by atoms with van der Waals surface area (Å²) in [4.78, 5) is 35.2. The van der Waals surface area contributed by atoms with Crippen molar-refractivity contribution < 1.29 is 14.3 Å². The number of thiophene rings is 1. The van der Waals surface area contributed by atoms with Crippen LogP contribution in [0.4, 0.5) is 5.69 Å². The first-order valence-corrected chi connectivity index (χ1v) is 12.2. The number of amides is 2. The SMILES string of the molecule is COC[C@H]1C(=O)N(Cc2ccc3c(N)ccnc3c2)C(C)CN1C(=O)C=Cc1cc(Br)cs1. The van der Waals surface area contributed by atoms with Gasteiger partial charge in [0.25, 0.3) is 0 Å². The number of carbonyl (C=O) groups is 2. The summed E-state index contributed by atoms with van der Waals surface area (Å²) in [5, 5.41) is 2.84. The summed E-state index contributed by atoms with van der Waals surface area (Å²) in [6.45, 7) is 2.95. The molecule has 0 radical (unpaired) electrons. The minimum atomic E-state index is -0.673. The fourth-order valence-corrected chi connectivity index (χ4v) is 5.36. The second-order valence-corrected chi connectivity index (χ2v) is 9.89. The second-order valence-electron chi connectivity index (χ2n) is 8.03. The third kappa shape index (κ3) is 5.10. The molecule has 2 aromatic heterocycles. The van der Waals surface area contributed by atoms with Crippen LogP contribution in [-0.2, 0) is 20.9 Å². The van der Waals surface area contributed by atoms with Gasteiger partial charge in [-0.05, 0) is 52.7 Å². The van der Waals surface area contributed by atoms with E-state index in [-0.39, 0.29) is 24.5 Å². The molecule has 1 aliphatic rings. The number of hydrogen-bond acceptors (Lipinski definition) is 6. The number of halogens is 1. The third-order valence-electron chi connectivity index (χ3n) is 5.72. The lowest BCUT2D eigenvalue weighted by molar-refractivity contribution is -0.155. The van der Waals surface area contributed by atoms with Crippen LogP contribution < -0.4 is 5.73 Å². The zero-order valence-corrected chi connectivity index (χ0v) is 20.8. The van der Waals surface area contributed by atoms with Gasteiger partial charge in [0.1, 0.15) is 6.04 Å². The van der Waals surface area contributed by atoms with Crippen LogP contribution in [0.15, 0.2) is 52.5 Å². The minimum absolute atomic E-state index is 0.128. The number of aromatic nitrogens is 1. The lowest BCUT2D eigenvalue weighted by atomic mass is 10.0. The van der Waals surface area contributed by atoms with Crippen molar-refractivity contribution in [2.75, 3.05) is 26.0 Å². The largest absolute Gasteiger partial charge is 0.398 e. The van der Waals surface area contributed by atoms with Crippen molar-refractivity contribution in [3.63, 3.8) is 0 Å². The molecule has 2 N–H and O–H groups in total. The van der Waals surface area contributed by atoms with Gasteiger partial charge in [-0.15, -0.1) is 11.3 Å². The Bertz CT molecular complexity index is 1210. The maximum atomic E-state index is 13.4. The maximum absolute atomic E-state index is 13.4. The standard InChI is InChI=1S/C24H25BrN4O3S/c1-15-11-29(23(30)6-4-18-10-17(25)14-33-18)22(13-32-2)24(31)28(15)12-16-3-5-19-20(26)7-8-27-21(19)9-16/h3-10,14-15,22H,11-13H2,1-2H3,(H2,26,27)/t15?,22-/m0/s1. The Labute approximate surface area is 205 Å². The summed E-state index contributed by atoms with van der Waals surface area (Å²) in [6, 6.07) is 8.74. The van der Waals surface area contributed by atoms with Crippen molar-refractivity contribution in [1.82, 2.24) is 14.8 Å². The van der Waals surface area contributed by atoms with Crippen LogP contribution in [0.3, 0.4) is 0 Å². The number of piperazine rings is 1. The topological polar surface area (TPSA) is 88.8 Å². The summed E-state index contributed by atoms with van der Waals surface area (Å²) in [7, 11) is 1.54. The van der Waals surface area contributed by atoms with Gasteiger partial charge in [-0.25, -0.2) is 0 Å². The Morgan fingerprint density at radius 1 is 1.36 bits per heavy atom. The smallest absolute Gasteiger partial charge is 0.248 e. The van der Waals surface area contributed by atoms with Crippen LogP contribution in [0, 0.1) is 0 Å². The molecule has 1 saturated heterocycles. The molecule has 1 aliphatic heterocycles. The van der Waals surface area contributed by atoms with E-state index in [2.05, 4.69) is 20.9 Å². The molecule has 1 unspecified atom stereocenters. The molecule has 3 aromatic rings. The predicted octanol–water partition coefficient (Wildman–Crippen LogP) is 3.93. The molecule has 0 saturated carbocycles. The number of nitrogens with two attached hydrogens (primary N) is 1. The lowest BCUT2D eigenvalue weighted by Gasteiger charge is -2.44. The van der Waals surface area contributed by atoms with Gasteiger partial charge in [0, 0.05) is 64.3 Å². The number of pyridine rings is 1. The van der Waals surface area contributed by atoms with E-state index < -0.39 is 6.04 Å². The van der Waals surface area contributed by atoms with Crippen LogP contribution in [0.2, 0.25) is 0 Å². The molecule has 33 heavy (non-hydrogen) atoms. The first-order chi connectivity index (χ1) is 15.9. The molecule has 2 amide bonds. The van der Waals surface area contributed by atoms with Crippen molar-refractivity contribution in [3.05, 3.63) is 62.9 Å². The van der Waals surface area contributed by atoms with E-state index in [1.54, 1.807) is 28.1 Å². The van der Waals surface area contributed by atoms with Crippen LogP contribution in [0.1, 0.15) is 17.4 Å². The average molecular weight is 529 g/mol.